The fourth-order valence-corrected chi connectivity index (χ4v) is 1.95. The van der Waals surface area contributed by atoms with E-state index < -0.39 is 0 Å². The molecule has 7 heteroatoms. The molecule has 1 aromatic heterocycles. The Hall–Kier alpha value is -1.21. The number of rotatable bonds is 4. The van der Waals surface area contributed by atoms with Crippen LogP contribution in [0, 0.1) is 0 Å². The molecule has 2 rings (SSSR count). The summed E-state index contributed by atoms with van der Waals surface area (Å²) >= 11 is 1.29. The zero-order valence-electron chi connectivity index (χ0n) is 8.89. The number of anilines is 1. The number of nitrogens with one attached hydrogen (secondary N) is 1. The van der Waals surface area contributed by atoms with E-state index >= 15 is 0 Å². The van der Waals surface area contributed by atoms with Gasteiger partial charge in [0, 0.05) is 37.6 Å². The van der Waals surface area contributed by atoms with E-state index in [-0.39, 0.29) is 5.91 Å². The first kappa shape index (κ1) is 11.3. The summed E-state index contributed by atoms with van der Waals surface area (Å²) in [4.78, 5) is 17.5. The maximum atomic E-state index is 11.7. The molecule has 1 fully saturated rings. The van der Waals surface area contributed by atoms with Gasteiger partial charge in [-0.3, -0.25) is 4.79 Å². The Morgan fingerprint density at radius 1 is 1.56 bits per heavy atom. The molecular weight excluding hydrogens is 228 g/mol. The van der Waals surface area contributed by atoms with E-state index in [1.54, 1.807) is 0 Å². The maximum Gasteiger partial charge on any atom is 0.224 e. The number of carbonyl (C=O) groups excluding carboxylic acids is 1. The molecule has 1 aliphatic heterocycles. The molecule has 0 aromatic carbocycles. The molecule has 1 N–H and O–H groups in total. The summed E-state index contributed by atoms with van der Waals surface area (Å²) in [5, 5.41) is 3.82. The predicted octanol–water partition coefficient (Wildman–Crippen LogP) is 0.199. The van der Waals surface area contributed by atoms with Crippen molar-refractivity contribution in [2.75, 3.05) is 38.2 Å². The topological polar surface area (TPSA) is 67.4 Å². The van der Waals surface area contributed by atoms with E-state index in [0.29, 0.717) is 39.3 Å². The average molecular weight is 242 g/mol. The van der Waals surface area contributed by atoms with Crippen molar-refractivity contribution in [3.05, 3.63) is 6.33 Å². The lowest BCUT2D eigenvalue weighted by molar-refractivity contribution is -0.134. The SMILES string of the molecule is O=C(CCNc1ncns1)N1CCOCC1. The molecule has 0 atom stereocenters. The van der Waals surface area contributed by atoms with Crippen LogP contribution in [0.4, 0.5) is 5.13 Å². The van der Waals surface area contributed by atoms with Gasteiger partial charge in [0.15, 0.2) is 0 Å². The van der Waals surface area contributed by atoms with E-state index in [9.17, 15) is 4.79 Å². The number of hydrogen-bond donors (Lipinski definition) is 1. The van der Waals surface area contributed by atoms with Crippen LogP contribution in [0.25, 0.3) is 0 Å². The van der Waals surface area contributed by atoms with Crippen LogP contribution >= 0.6 is 11.5 Å². The molecule has 6 nitrogen and oxygen atoms in total. The standard InChI is InChI=1S/C9H14N4O2S/c14-8(13-3-5-15-6-4-13)1-2-10-9-11-7-12-16-9/h7H,1-6H2,(H,10,11,12). The highest BCUT2D eigenvalue weighted by Gasteiger charge is 2.15. The summed E-state index contributed by atoms with van der Waals surface area (Å²) in [7, 11) is 0. The van der Waals surface area contributed by atoms with E-state index in [0.717, 1.165) is 5.13 Å². The minimum Gasteiger partial charge on any atom is -0.378 e. The Kier molecular flexibility index (Phi) is 4.06. The van der Waals surface area contributed by atoms with Crippen LogP contribution in [-0.4, -0.2) is 53.0 Å². The van der Waals surface area contributed by atoms with Crippen molar-refractivity contribution in [2.24, 2.45) is 0 Å². The lowest BCUT2D eigenvalue weighted by atomic mass is 10.3. The zero-order chi connectivity index (χ0) is 11.2. The van der Waals surface area contributed by atoms with E-state index in [1.165, 1.54) is 17.9 Å². The second kappa shape index (κ2) is 5.76. The van der Waals surface area contributed by atoms with Crippen LogP contribution in [0.1, 0.15) is 6.42 Å². The van der Waals surface area contributed by atoms with E-state index in [2.05, 4.69) is 14.7 Å². The van der Waals surface area contributed by atoms with Crippen LogP contribution in [-0.2, 0) is 9.53 Å². The molecule has 1 saturated heterocycles. The number of ether oxygens (including phenoxy) is 1. The molecule has 88 valence electrons. The Morgan fingerprint density at radius 2 is 2.38 bits per heavy atom. The number of morpholine rings is 1. The highest BCUT2D eigenvalue weighted by molar-refractivity contribution is 7.09. The van der Waals surface area contributed by atoms with Crippen LogP contribution in [0.3, 0.4) is 0 Å². The first-order valence-corrected chi connectivity index (χ1v) is 5.99. The molecule has 1 aliphatic rings. The summed E-state index contributed by atoms with van der Waals surface area (Å²) in [5.74, 6) is 0.167. The van der Waals surface area contributed by atoms with Crippen molar-refractivity contribution >= 4 is 22.6 Å². The smallest absolute Gasteiger partial charge is 0.224 e. The second-order valence-corrected chi connectivity index (χ2v) is 4.20. The summed E-state index contributed by atoms with van der Waals surface area (Å²) in [6, 6.07) is 0. The van der Waals surface area contributed by atoms with Gasteiger partial charge in [0.2, 0.25) is 11.0 Å². The molecule has 0 spiro atoms. The molecule has 16 heavy (non-hydrogen) atoms. The van der Waals surface area contributed by atoms with Crippen LogP contribution < -0.4 is 5.32 Å². The van der Waals surface area contributed by atoms with Crippen LogP contribution in [0.2, 0.25) is 0 Å². The Morgan fingerprint density at radius 3 is 3.06 bits per heavy atom. The van der Waals surface area contributed by atoms with E-state index in [1.807, 2.05) is 4.90 Å². The average Bonchev–Trinajstić information content (AvgIpc) is 2.83. The fourth-order valence-electron chi connectivity index (χ4n) is 1.50. The maximum absolute atomic E-state index is 11.7. The molecule has 1 amide bonds. The molecule has 0 bridgehead atoms. The van der Waals surface area contributed by atoms with Gasteiger partial charge in [0.05, 0.1) is 13.2 Å². The first-order chi connectivity index (χ1) is 7.86. The number of hydrogen-bond acceptors (Lipinski definition) is 6. The summed E-state index contributed by atoms with van der Waals surface area (Å²) in [5.41, 5.74) is 0. The number of amides is 1. The zero-order valence-corrected chi connectivity index (χ0v) is 9.70. The molecule has 0 saturated carbocycles. The second-order valence-electron chi connectivity index (χ2n) is 3.42. The van der Waals surface area contributed by atoms with Crippen molar-refractivity contribution < 1.29 is 9.53 Å². The molecule has 1 aromatic rings. The van der Waals surface area contributed by atoms with Crippen molar-refractivity contribution in [1.29, 1.82) is 0 Å². The van der Waals surface area contributed by atoms with Crippen LogP contribution in [0.15, 0.2) is 6.33 Å². The van der Waals surface area contributed by atoms with Gasteiger partial charge in [0.1, 0.15) is 6.33 Å². The third-order valence-corrected chi connectivity index (χ3v) is 2.96. The van der Waals surface area contributed by atoms with Gasteiger partial charge < -0.3 is 15.0 Å². The fraction of sp³-hybridized carbons (Fsp3) is 0.667. The van der Waals surface area contributed by atoms with E-state index in [4.69, 9.17) is 4.74 Å². The third kappa shape index (κ3) is 3.14. The lowest BCUT2D eigenvalue weighted by Crippen LogP contribution is -2.41. The largest absolute Gasteiger partial charge is 0.378 e. The van der Waals surface area contributed by atoms with Crippen molar-refractivity contribution in [2.45, 2.75) is 6.42 Å². The minimum atomic E-state index is 0.167. The van der Waals surface area contributed by atoms with Crippen molar-refractivity contribution in [1.82, 2.24) is 14.3 Å². The summed E-state index contributed by atoms with van der Waals surface area (Å²) in [6.07, 6.45) is 1.98. The minimum absolute atomic E-state index is 0.167. The van der Waals surface area contributed by atoms with Crippen molar-refractivity contribution in [3.63, 3.8) is 0 Å². The van der Waals surface area contributed by atoms with Gasteiger partial charge in [-0.2, -0.15) is 4.37 Å². The van der Waals surface area contributed by atoms with Gasteiger partial charge in [-0.15, -0.1) is 0 Å². The molecule has 2 heterocycles. The van der Waals surface area contributed by atoms with Gasteiger partial charge in [-0.25, -0.2) is 4.98 Å². The third-order valence-electron chi connectivity index (χ3n) is 2.34. The van der Waals surface area contributed by atoms with Gasteiger partial charge >= 0.3 is 0 Å². The highest BCUT2D eigenvalue weighted by atomic mass is 32.1. The van der Waals surface area contributed by atoms with Crippen molar-refractivity contribution in [3.8, 4) is 0 Å². The van der Waals surface area contributed by atoms with Gasteiger partial charge in [-0.05, 0) is 0 Å². The Balaban J connectivity index is 1.67. The highest BCUT2D eigenvalue weighted by Crippen LogP contribution is 2.06. The molecule has 0 radical (unpaired) electrons. The molecule has 0 aliphatic carbocycles. The van der Waals surface area contributed by atoms with Crippen LogP contribution in [0.5, 0.6) is 0 Å². The lowest BCUT2D eigenvalue weighted by Gasteiger charge is -2.26. The summed E-state index contributed by atoms with van der Waals surface area (Å²) < 4.78 is 9.05. The number of aromatic nitrogens is 2. The quantitative estimate of drug-likeness (QED) is 0.817. The predicted molar refractivity (Wildman–Crippen MR) is 60.4 cm³/mol. The Labute approximate surface area is 97.8 Å². The molecule has 0 unspecified atom stereocenters. The summed E-state index contributed by atoms with van der Waals surface area (Å²) in [6.45, 7) is 3.31. The van der Waals surface area contributed by atoms with Gasteiger partial charge in [0.25, 0.3) is 0 Å². The monoisotopic (exact) mass is 242 g/mol. The number of nitrogens with zero attached hydrogens (tertiary/aromatic N) is 3. The molecular formula is C9H14N4O2S. The Bertz CT molecular complexity index is 324. The first-order valence-electron chi connectivity index (χ1n) is 5.22. The van der Waals surface area contributed by atoms with Gasteiger partial charge in [-0.1, -0.05) is 0 Å². The normalized spacial score (nSPS) is 16.1. The number of carbonyl (C=O) groups is 1.